The molecule has 0 N–H and O–H groups in total. The smallest absolute Gasteiger partial charge is 0.338 e. The summed E-state index contributed by atoms with van der Waals surface area (Å²) in [6.07, 6.45) is 0.424. The molecule has 1 rings (SSSR count). The first-order chi connectivity index (χ1) is 8.58. The van der Waals surface area contributed by atoms with Gasteiger partial charge in [0.25, 0.3) is 0 Å². The van der Waals surface area contributed by atoms with Gasteiger partial charge >= 0.3 is 5.97 Å². The van der Waals surface area contributed by atoms with E-state index in [1.807, 2.05) is 6.07 Å². The number of ketones is 1. The van der Waals surface area contributed by atoms with Gasteiger partial charge in [-0.1, -0.05) is 12.1 Å². The number of carbonyl (C=O) groups is 2. The van der Waals surface area contributed by atoms with E-state index in [-0.39, 0.29) is 25.2 Å². The molecule has 0 radical (unpaired) electrons. The van der Waals surface area contributed by atoms with E-state index in [2.05, 4.69) is 0 Å². The molecule has 1 aromatic rings. The van der Waals surface area contributed by atoms with Gasteiger partial charge < -0.3 is 4.74 Å². The Hall–Kier alpha value is -2.15. The molecule has 0 amide bonds. The first kappa shape index (κ1) is 13.9. The molecule has 0 unspecified atom stereocenters. The van der Waals surface area contributed by atoms with Gasteiger partial charge in [0.2, 0.25) is 0 Å². The topological polar surface area (TPSA) is 67.2 Å². The van der Waals surface area contributed by atoms with E-state index in [4.69, 9.17) is 10.00 Å². The van der Waals surface area contributed by atoms with Gasteiger partial charge in [0, 0.05) is 6.42 Å². The summed E-state index contributed by atoms with van der Waals surface area (Å²) < 4.78 is 4.94. The monoisotopic (exact) mass is 245 g/mol. The fraction of sp³-hybridized carbons (Fsp3) is 0.357. The van der Waals surface area contributed by atoms with Gasteiger partial charge in [0.1, 0.15) is 5.78 Å². The first-order valence-corrected chi connectivity index (χ1v) is 5.73. The van der Waals surface area contributed by atoms with Crippen LogP contribution in [-0.2, 0) is 22.4 Å². The maximum absolute atomic E-state index is 11.8. The standard InChI is InChI=1S/C14H15NO3/c1-3-18-14(17)13-9-11(8-10(2)16)4-5-12(13)6-7-15/h4-5,9H,3,6,8H2,1-2H3. The fourth-order valence-corrected chi connectivity index (χ4v) is 1.66. The van der Waals surface area contributed by atoms with E-state index in [9.17, 15) is 9.59 Å². The van der Waals surface area contributed by atoms with Gasteiger partial charge in [-0.3, -0.25) is 4.79 Å². The zero-order chi connectivity index (χ0) is 13.5. The van der Waals surface area contributed by atoms with Gasteiger partial charge in [-0.05, 0) is 31.0 Å². The summed E-state index contributed by atoms with van der Waals surface area (Å²) in [6, 6.07) is 7.10. The van der Waals surface area contributed by atoms with Crippen molar-refractivity contribution >= 4 is 11.8 Å². The Kier molecular flexibility index (Phi) is 5.06. The molecule has 94 valence electrons. The number of esters is 1. The summed E-state index contributed by atoms with van der Waals surface area (Å²) >= 11 is 0. The van der Waals surface area contributed by atoms with Crippen LogP contribution in [0.15, 0.2) is 18.2 Å². The molecule has 0 aliphatic rings. The molecule has 0 bridgehead atoms. The van der Waals surface area contributed by atoms with Gasteiger partial charge in [0.15, 0.2) is 0 Å². The predicted octanol–water partition coefficient (Wildman–Crippen LogP) is 2.06. The third-order valence-corrected chi connectivity index (χ3v) is 2.39. The van der Waals surface area contributed by atoms with Crippen molar-refractivity contribution in [1.29, 1.82) is 5.26 Å². The van der Waals surface area contributed by atoms with Crippen LogP contribution in [0.4, 0.5) is 0 Å². The Morgan fingerprint density at radius 1 is 1.39 bits per heavy atom. The number of rotatable bonds is 5. The molecule has 0 heterocycles. The SMILES string of the molecule is CCOC(=O)c1cc(CC(C)=O)ccc1CC#N. The molecule has 0 saturated heterocycles. The summed E-state index contributed by atoms with van der Waals surface area (Å²) in [4.78, 5) is 22.8. The Balaban J connectivity index is 3.11. The number of hydrogen-bond donors (Lipinski definition) is 0. The summed E-state index contributed by atoms with van der Waals surface area (Å²) in [7, 11) is 0. The minimum absolute atomic E-state index is 0.0258. The number of nitrogens with zero attached hydrogens (tertiary/aromatic N) is 1. The highest BCUT2D eigenvalue weighted by Gasteiger charge is 2.13. The van der Waals surface area contributed by atoms with Crippen LogP contribution >= 0.6 is 0 Å². The minimum atomic E-state index is -0.451. The molecule has 1 aromatic carbocycles. The molecule has 0 saturated carbocycles. The van der Waals surface area contributed by atoms with Crippen molar-refractivity contribution in [3.63, 3.8) is 0 Å². The summed E-state index contributed by atoms with van der Waals surface area (Å²) in [5, 5.41) is 8.71. The number of nitriles is 1. The van der Waals surface area contributed by atoms with Crippen LogP contribution in [0.3, 0.4) is 0 Å². The second-order valence-electron chi connectivity index (χ2n) is 3.93. The van der Waals surface area contributed by atoms with Crippen LogP contribution in [0.25, 0.3) is 0 Å². The van der Waals surface area contributed by atoms with Crippen LogP contribution < -0.4 is 0 Å². The van der Waals surface area contributed by atoms with Crippen LogP contribution in [0.1, 0.15) is 35.3 Å². The largest absolute Gasteiger partial charge is 0.462 e. The van der Waals surface area contributed by atoms with E-state index in [0.29, 0.717) is 11.1 Å². The van der Waals surface area contributed by atoms with Crippen molar-refractivity contribution in [2.24, 2.45) is 0 Å². The highest BCUT2D eigenvalue weighted by Crippen LogP contribution is 2.15. The summed E-state index contributed by atoms with van der Waals surface area (Å²) in [6.45, 7) is 3.50. The van der Waals surface area contributed by atoms with Gasteiger partial charge in [-0.15, -0.1) is 0 Å². The molecule has 0 aliphatic carbocycles. The van der Waals surface area contributed by atoms with Crippen molar-refractivity contribution in [3.8, 4) is 6.07 Å². The quantitative estimate of drug-likeness (QED) is 0.745. The van der Waals surface area contributed by atoms with Crippen LogP contribution in [0.5, 0.6) is 0 Å². The average molecular weight is 245 g/mol. The van der Waals surface area contributed by atoms with Gasteiger partial charge in [-0.2, -0.15) is 5.26 Å². The highest BCUT2D eigenvalue weighted by molar-refractivity contribution is 5.92. The molecule has 4 heteroatoms. The van der Waals surface area contributed by atoms with Crippen LogP contribution in [0.2, 0.25) is 0 Å². The molecule has 0 spiro atoms. The Morgan fingerprint density at radius 2 is 2.11 bits per heavy atom. The van der Waals surface area contributed by atoms with Crippen LogP contribution in [0, 0.1) is 11.3 Å². The molecular formula is C14H15NO3. The second kappa shape index (κ2) is 6.55. The zero-order valence-corrected chi connectivity index (χ0v) is 10.5. The Labute approximate surface area is 106 Å². The third-order valence-electron chi connectivity index (χ3n) is 2.39. The number of hydrogen-bond acceptors (Lipinski definition) is 4. The molecular weight excluding hydrogens is 230 g/mol. The number of ether oxygens (including phenoxy) is 1. The Bertz CT molecular complexity index is 500. The first-order valence-electron chi connectivity index (χ1n) is 5.73. The van der Waals surface area contributed by atoms with E-state index in [1.54, 1.807) is 25.1 Å². The van der Waals surface area contributed by atoms with Crippen molar-refractivity contribution in [2.45, 2.75) is 26.7 Å². The minimum Gasteiger partial charge on any atom is -0.462 e. The van der Waals surface area contributed by atoms with Crippen LogP contribution in [-0.4, -0.2) is 18.4 Å². The highest BCUT2D eigenvalue weighted by atomic mass is 16.5. The summed E-state index contributed by atoms with van der Waals surface area (Å²) in [5.41, 5.74) is 1.76. The van der Waals surface area contributed by atoms with E-state index < -0.39 is 5.97 Å². The average Bonchev–Trinajstić information content (AvgIpc) is 2.31. The lowest BCUT2D eigenvalue weighted by Crippen LogP contribution is -2.09. The molecule has 18 heavy (non-hydrogen) atoms. The van der Waals surface area contributed by atoms with E-state index >= 15 is 0 Å². The summed E-state index contributed by atoms with van der Waals surface area (Å²) in [5.74, 6) is -0.425. The zero-order valence-electron chi connectivity index (χ0n) is 10.5. The van der Waals surface area contributed by atoms with Gasteiger partial charge in [-0.25, -0.2) is 4.79 Å². The van der Waals surface area contributed by atoms with Crippen molar-refractivity contribution < 1.29 is 14.3 Å². The van der Waals surface area contributed by atoms with Crippen molar-refractivity contribution in [1.82, 2.24) is 0 Å². The molecule has 0 aliphatic heterocycles. The van der Waals surface area contributed by atoms with Crippen molar-refractivity contribution in [2.75, 3.05) is 6.61 Å². The molecule has 0 atom stereocenters. The molecule has 0 aromatic heterocycles. The lowest BCUT2D eigenvalue weighted by atomic mass is 9.99. The van der Waals surface area contributed by atoms with Gasteiger partial charge in [0.05, 0.1) is 24.7 Å². The lowest BCUT2D eigenvalue weighted by molar-refractivity contribution is -0.116. The van der Waals surface area contributed by atoms with Crippen molar-refractivity contribution in [3.05, 3.63) is 34.9 Å². The maximum Gasteiger partial charge on any atom is 0.338 e. The maximum atomic E-state index is 11.8. The fourth-order valence-electron chi connectivity index (χ4n) is 1.66. The predicted molar refractivity (Wildman–Crippen MR) is 66.1 cm³/mol. The number of Topliss-reactive ketones (excluding diaryl/α,β-unsaturated/α-hetero) is 1. The second-order valence-corrected chi connectivity index (χ2v) is 3.93. The third kappa shape index (κ3) is 3.70. The molecule has 0 fully saturated rings. The van der Waals surface area contributed by atoms with E-state index in [1.165, 1.54) is 6.92 Å². The van der Waals surface area contributed by atoms with E-state index in [0.717, 1.165) is 5.56 Å². The normalized spacial score (nSPS) is 9.61. The molecule has 4 nitrogen and oxygen atoms in total. The number of benzene rings is 1. The number of carbonyl (C=O) groups excluding carboxylic acids is 2. The lowest BCUT2D eigenvalue weighted by Gasteiger charge is -2.08. The Morgan fingerprint density at radius 3 is 2.67 bits per heavy atom.